The Morgan fingerprint density at radius 1 is 1.08 bits per heavy atom. The van der Waals surface area contributed by atoms with Gasteiger partial charge in [-0.25, -0.2) is 0 Å². The van der Waals surface area contributed by atoms with Crippen LogP contribution in [0.15, 0.2) is 36.5 Å². The molecular formula is C12H18. The summed E-state index contributed by atoms with van der Waals surface area (Å²) < 4.78 is 0. The van der Waals surface area contributed by atoms with Crippen LogP contribution in [0.3, 0.4) is 0 Å². The van der Waals surface area contributed by atoms with E-state index in [0.29, 0.717) is 0 Å². The van der Waals surface area contributed by atoms with Gasteiger partial charge in [-0.15, -0.1) is 0 Å². The molecule has 0 heteroatoms. The highest BCUT2D eigenvalue weighted by Crippen LogP contribution is 2.17. The average molecular weight is 162 g/mol. The number of hydrogen-bond acceptors (Lipinski definition) is 0. The van der Waals surface area contributed by atoms with Gasteiger partial charge in [-0.05, 0) is 6.42 Å². The molecule has 12 heavy (non-hydrogen) atoms. The van der Waals surface area contributed by atoms with E-state index in [-0.39, 0.29) is 0 Å². The fraction of sp³-hybridized carbons (Fsp3) is 0.333. The van der Waals surface area contributed by atoms with E-state index in [1.54, 1.807) is 0 Å². The van der Waals surface area contributed by atoms with Gasteiger partial charge >= 0.3 is 0 Å². The molecule has 0 unspecified atom stereocenters. The van der Waals surface area contributed by atoms with Crippen molar-refractivity contribution < 1.29 is 0 Å². The van der Waals surface area contributed by atoms with Gasteiger partial charge in [0, 0.05) is 19.9 Å². The molecule has 0 spiro atoms. The van der Waals surface area contributed by atoms with Crippen LogP contribution in [-0.4, -0.2) is 0 Å². The molecule has 0 aromatic rings. The Bertz CT molecular complexity index is 184. The Balaban J connectivity index is 3.69. The number of hydrogen-bond donors (Lipinski definition) is 0. The third kappa shape index (κ3) is 5.84. The van der Waals surface area contributed by atoms with Crippen LogP contribution < -0.4 is 0 Å². The van der Waals surface area contributed by atoms with Gasteiger partial charge in [-0.2, -0.15) is 6.42 Å². The SMILES string of the molecule is C=C([CH2+])CC(=C)CC(=C)CC[CH2-]. The molecule has 0 rings (SSSR count). The monoisotopic (exact) mass is 162 g/mol. The smallest absolute Gasteiger partial charge is 0.100 e. The summed E-state index contributed by atoms with van der Waals surface area (Å²) in [6.45, 7) is 19.1. The predicted molar refractivity (Wildman–Crippen MR) is 56.6 cm³/mol. The first-order valence-corrected chi connectivity index (χ1v) is 4.18. The quantitative estimate of drug-likeness (QED) is 0.410. The van der Waals surface area contributed by atoms with Gasteiger partial charge in [-0.3, -0.25) is 0 Å². The van der Waals surface area contributed by atoms with Crippen molar-refractivity contribution in [2.75, 3.05) is 0 Å². The first-order valence-electron chi connectivity index (χ1n) is 4.18. The van der Waals surface area contributed by atoms with Crippen molar-refractivity contribution in [1.29, 1.82) is 0 Å². The van der Waals surface area contributed by atoms with E-state index < -0.39 is 0 Å². The second kappa shape index (κ2) is 5.70. The summed E-state index contributed by atoms with van der Waals surface area (Å²) in [6.07, 6.45) is 3.61. The first kappa shape index (κ1) is 11.1. The molecule has 0 N–H and O–H groups in total. The van der Waals surface area contributed by atoms with Crippen molar-refractivity contribution >= 4 is 0 Å². The summed E-state index contributed by atoms with van der Waals surface area (Å²) in [4.78, 5) is 0. The Kier molecular flexibility index (Phi) is 5.27. The highest BCUT2D eigenvalue weighted by atomic mass is 14.0. The minimum absolute atomic E-state index is 0.816. The topological polar surface area (TPSA) is 0 Å². The van der Waals surface area contributed by atoms with Gasteiger partial charge in [0.1, 0.15) is 5.57 Å². The second-order valence-electron chi connectivity index (χ2n) is 3.21. The molecule has 0 aliphatic carbocycles. The van der Waals surface area contributed by atoms with Crippen LogP contribution in [0.2, 0.25) is 0 Å². The molecule has 0 aromatic carbocycles. The first-order chi connectivity index (χ1) is 5.56. The van der Waals surface area contributed by atoms with Crippen molar-refractivity contribution in [2.24, 2.45) is 0 Å². The molecule has 66 valence electrons. The van der Waals surface area contributed by atoms with Crippen LogP contribution in [0.1, 0.15) is 25.7 Å². The second-order valence-corrected chi connectivity index (χ2v) is 3.21. The molecule has 0 saturated heterocycles. The Morgan fingerprint density at radius 2 is 1.67 bits per heavy atom. The van der Waals surface area contributed by atoms with Crippen LogP contribution in [0.4, 0.5) is 0 Å². The third-order valence-corrected chi connectivity index (χ3v) is 1.53. The average Bonchev–Trinajstić information content (AvgIpc) is 1.84. The van der Waals surface area contributed by atoms with Crippen LogP contribution in [-0.2, 0) is 0 Å². The van der Waals surface area contributed by atoms with E-state index in [2.05, 4.69) is 33.6 Å². The molecule has 0 aliphatic rings. The van der Waals surface area contributed by atoms with Gasteiger partial charge in [0.2, 0.25) is 0 Å². The molecule has 0 saturated carbocycles. The zero-order chi connectivity index (χ0) is 9.56. The van der Waals surface area contributed by atoms with E-state index in [0.717, 1.165) is 36.8 Å². The molecule has 0 aromatic heterocycles. The fourth-order valence-electron chi connectivity index (χ4n) is 1.11. The summed E-state index contributed by atoms with van der Waals surface area (Å²) in [5.41, 5.74) is 3.27. The van der Waals surface area contributed by atoms with E-state index in [4.69, 9.17) is 0 Å². The van der Waals surface area contributed by atoms with Crippen LogP contribution in [0.25, 0.3) is 0 Å². The van der Waals surface area contributed by atoms with Crippen molar-refractivity contribution in [2.45, 2.75) is 25.7 Å². The zero-order valence-corrected chi connectivity index (χ0v) is 7.86. The number of rotatable bonds is 6. The zero-order valence-electron chi connectivity index (χ0n) is 7.86. The van der Waals surface area contributed by atoms with E-state index in [1.807, 2.05) is 0 Å². The van der Waals surface area contributed by atoms with Gasteiger partial charge in [-0.1, -0.05) is 30.7 Å². The maximum absolute atomic E-state index is 3.94. The fourth-order valence-corrected chi connectivity index (χ4v) is 1.11. The van der Waals surface area contributed by atoms with Crippen LogP contribution >= 0.6 is 0 Å². The summed E-state index contributed by atoms with van der Waals surface area (Å²) in [6, 6.07) is 0. The maximum atomic E-state index is 3.94. The van der Waals surface area contributed by atoms with Gasteiger partial charge in [0.15, 0.2) is 0 Å². The molecule has 0 bridgehead atoms. The molecule has 0 nitrogen and oxygen atoms in total. The van der Waals surface area contributed by atoms with Crippen molar-refractivity contribution in [3.05, 3.63) is 50.3 Å². The lowest BCUT2D eigenvalue weighted by atomic mass is 10.00. The Labute approximate surface area is 76.7 Å². The molecule has 0 heterocycles. The molecule has 0 radical (unpaired) electrons. The summed E-state index contributed by atoms with van der Waals surface area (Å²) in [5, 5.41) is 0. The standard InChI is InChI=1S/C12H18/c1-6-7-11(4)9-12(5)8-10(2)3/h1-9H2. The molecule has 0 fully saturated rings. The third-order valence-electron chi connectivity index (χ3n) is 1.53. The van der Waals surface area contributed by atoms with Crippen LogP contribution in [0.5, 0.6) is 0 Å². The van der Waals surface area contributed by atoms with Gasteiger partial charge in [0.25, 0.3) is 0 Å². The van der Waals surface area contributed by atoms with Gasteiger partial charge < -0.3 is 6.92 Å². The summed E-state index contributed by atoms with van der Waals surface area (Å²) in [5.74, 6) is 0. The lowest BCUT2D eigenvalue weighted by Crippen LogP contribution is -1.87. The predicted octanol–water partition coefficient (Wildman–Crippen LogP) is 3.88. The lowest BCUT2D eigenvalue weighted by Gasteiger charge is -2.06. The molecular weight excluding hydrogens is 144 g/mol. The summed E-state index contributed by atoms with van der Waals surface area (Å²) >= 11 is 0. The number of allylic oxidation sites excluding steroid dienone is 3. The van der Waals surface area contributed by atoms with E-state index in [9.17, 15) is 0 Å². The highest BCUT2D eigenvalue weighted by molar-refractivity contribution is 5.17. The van der Waals surface area contributed by atoms with Crippen molar-refractivity contribution in [3.8, 4) is 0 Å². The highest BCUT2D eigenvalue weighted by Gasteiger charge is 2.00. The van der Waals surface area contributed by atoms with Crippen molar-refractivity contribution in [1.82, 2.24) is 0 Å². The normalized spacial score (nSPS) is 9.42. The molecule has 0 amide bonds. The van der Waals surface area contributed by atoms with Crippen molar-refractivity contribution in [3.63, 3.8) is 0 Å². The summed E-state index contributed by atoms with van der Waals surface area (Å²) in [7, 11) is 0. The maximum Gasteiger partial charge on any atom is 0.100 e. The van der Waals surface area contributed by atoms with Gasteiger partial charge in [0.05, 0.1) is 0 Å². The minimum atomic E-state index is 0.816. The Hall–Kier alpha value is -0.910. The molecule has 0 atom stereocenters. The largest absolute Gasteiger partial charge is 0.343 e. The Morgan fingerprint density at radius 3 is 2.08 bits per heavy atom. The molecule has 0 aliphatic heterocycles. The minimum Gasteiger partial charge on any atom is -0.343 e. The van der Waals surface area contributed by atoms with E-state index >= 15 is 0 Å². The van der Waals surface area contributed by atoms with Crippen LogP contribution in [0, 0.1) is 13.8 Å². The lowest BCUT2D eigenvalue weighted by molar-refractivity contribution is 0.906. The van der Waals surface area contributed by atoms with E-state index in [1.165, 1.54) is 5.57 Å².